The van der Waals surface area contributed by atoms with E-state index in [4.69, 9.17) is 18.9 Å². The van der Waals surface area contributed by atoms with Crippen LogP contribution in [0, 0.1) is 0 Å². The molecule has 0 saturated carbocycles. The van der Waals surface area contributed by atoms with Crippen molar-refractivity contribution >= 4 is 17.8 Å². The van der Waals surface area contributed by atoms with Crippen molar-refractivity contribution in [2.45, 2.75) is 13.0 Å². The number of nitrogens with zero attached hydrogens (tertiary/aromatic N) is 4. The number of fused-ring (bicyclic) bond motifs is 1. The largest absolute Gasteiger partial charge is 0.497 e. The topological polar surface area (TPSA) is 121 Å². The Balaban J connectivity index is 1.52. The van der Waals surface area contributed by atoms with E-state index in [2.05, 4.69) is 25.7 Å². The lowest BCUT2D eigenvalue weighted by atomic mass is 10.1. The van der Waals surface area contributed by atoms with Gasteiger partial charge in [-0.05, 0) is 55.0 Å². The van der Waals surface area contributed by atoms with E-state index in [-0.39, 0.29) is 12.0 Å². The number of nitrogens with one attached hydrogen (secondary N) is 2. The van der Waals surface area contributed by atoms with Crippen LogP contribution in [0.25, 0.3) is 17.0 Å². The first-order valence-electron chi connectivity index (χ1n) is 10.7. The lowest BCUT2D eigenvalue weighted by molar-refractivity contribution is 0.249. The van der Waals surface area contributed by atoms with E-state index >= 15 is 0 Å². The minimum Gasteiger partial charge on any atom is -0.497 e. The molecule has 182 valence electrons. The summed E-state index contributed by atoms with van der Waals surface area (Å²) in [5.74, 6) is 2.69. The van der Waals surface area contributed by atoms with Gasteiger partial charge in [-0.15, -0.1) is 5.10 Å². The van der Waals surface area contributed by atoms with Crippen molar-refractivity contribution in [3.05, 3.63) is 54.2 Å². The number of urea groups is 1. The smallest absolute Gasteiger partial charge is 0.322 e. The summed E-state index contributed by atoms with van der Waals surface area (Å²) in [7, 11) is 6.22. The van der Waals surface area contributed by atoms with Crippen molar-refractivity contribution < 1.29 is 23.7 Å². The Morgan fingerprint density at radius 1 is 0.943 bits per heavy atom. The zero-order valence-corrected chi connectivity index (χ0v) is 20.0. The molecule has 0 fully saturated rings. The van der Waals surface area contributed by atoms with E-state index in [1.54, 1.807) is 30.0 Å². The van der Waals surface area contributed by atoms with Crippen molar-refractivity contribution in [2.24, 2.45) is 0 Å². The van der Waals surface area contributed by atoms with Gasteiger partial charge in [0, 0.05) is 11.8 Å². The Morgan fingerprint density at radius 3 is 2.23 bits per heavy atom. The van der Waals surface area contributed by atoms with Crippen molar-refractivity contribution in [1.82, 2.24) is 24.9 Å². The normalized spacial score (nSPS) is 11.6. The number of benzene rings is 2. The zero-order valence-electron chi connectivity index (χ0n) is 20.0. The third kappa shape index (κ3) is 4.88. The van der Waals surface area contributed by atoms with Crippen LogP contribution in [-0.4, -0.2) is 54.1 Å². The molecule has 35 heavy (non-hydrogen) atoms. The van der Waals surface area contributed by atoms with E-state index in [0.29, 0.717) is 23.0 Å². The molecule has 11 heteroatoms. The van der Waals surface area contributed by atoms with Crippen LogP contribution in [0.1, 0.15) is 18.5 Å². The van der Waals surface area contributed by atoms with Crippen molar-refractivity contribution in [1.29, 1.82) is 0 Å². The standard InChI is InChI=1S/C24H26N6O5/c1-14(16-12-19(33-3)21(35-5)20(13-16)34-4)26-24(31)28-22-27-23-25-11-10-18(30(23)29-22)15-6-8-17(32-2)9-7-15/h6-14H,1-5H3,(H2,26,28,29,31)/t14-/m0/s1. The molecular weight excluding hydrogens is 452 g/mol. The van der Waals surface area contributed by atoms with Crippen LogP contribution in [0.4, 0.5) is 10.7 Å². The van der Waals surface area contributed by atoms with Crippen LogP contribution in [-0.2, 0) is 0 Å². The molecule has 0 aliphatic carbocycles. The lowest BCUT2D eigenvalue weighted by Crippen LogP contribution is -2.31. The average Bonchev–Trinajstić information content (AvgIpc) is 3.29. The number of carbonyl (C=O) groups excluding carboxylic acids is 1. The summed E-state index contributed by atoms with van der Waals surface area (Å²) in [4.78, 5) is 21.3. The van der Waals surface area contributed by atoms with Crippen LogP contribution in [0.5, 0.6) is 23.0 Å². The molecular formula is C24H26N6O5. The first-order chi connectivity index (χ1) is 17.0. The fraction of sp³-hybridized carbons (Fsp3) is 0.250. The molecule has 0 saturated heterocycles. The number of carbonyl (C=O) groups is 1. The summed E-state index contributed by atoms with van der Waals surface area (Å²) in [5, 5.41) is 9.94. The summed E-state index contributed by atoms with van der Waals surface area (Å²) >= 11 is 0. The van der Waals surface area contributed by atoms with E-state index < -0.39 is 6.03 Å². The van der Waals surface area contributed by atoms with Gasteiger partial charge in [0.05, 0.1) is 40.2 Å². The maximum absolute atomic E-state index is 12.7. The molecule has 0 aliphatic rings. The molecule has 0 bridgehead atoms. The van der Waals surface area contributed by atoms with Crippen LogP contribution >= 0.6 is 0 Å². The molecule has 4 aromatic rings. The fourth-order valence-corrected chi connectivity index (χ4v) is 3.60. The Morgan fingerprint density at radius 2 is 1.63 bits per heavy atom. The van der Waals surface area contributed by atoms with E-state index in [1.165, 1.54) is 21.3 Å². The number of rotatable bonds is 8. The van der Waals surface area contributed by atoms with Gasteiger partial charge in [-0.3, -0.25) is 5.32 Å². The number of ether oxygens (including phenoxy) is 4. The molecule has 0 spiro atoms. The van der Waals surface area contributed by atoms with Crippen LogP contribution in [0.2, 0.25) is 0 Å². The summed E-state index contributed by atoms with van der Waals surface area (Å²) in [6, 6.07) is 12.1. The second kappa shape index (κ2) is 10.2. The number of hydrogen-bond donors (Lipinski definition) is 2. The molecule has 0 unspecified atom stereocenters. The molecule has 11 nitrogen and oxygen atoms in total. The second-order valence-electron chi connectivity index (χ2n) is 7.48. The molecule has 4 rings (SSSR count). The highest BCUT2D eigenvalue weighted by molar-refractivity contribution is 5.88. The monoisotopic (exact) mass is 478 g/mol. The van der Waals surface area contributed by atoms with Crippen LogP contribution < -0.4 is 29.6 Å². The highest BCUT2D eigenvalue weighted by Crippen LogP contribution is 2.39. The van der Waals surface area contributed by atoms with Gasteiger partial charge in [-0.25, -0.2) is 9.78 Å². The first-order valence-corrected chi connectivity index (χ1v) is 10.7. The number of hydrogen-bond acceptors (Lipinski definition) is 8. The number of aromatic nitrogens is 4. The molecule has 0 aliphatic heterocycles. The SMILES string of the molecule is COc1ccc(-c2ccnc3nc(NC(=O)N[C@@H](C)c4cc(OC)c(OC)c(OC)c4)nn23)cc1. The predicted octanol–water partition coefficient (Wildman–Crippen LogP) is 3.71. The van der Waals surface area contributed by atoms with Crippen molar-refractivity contribution in [3.63, 3.8) is 0 Å². The maximum atomic E-state index is 12.7. The molecule has 2 N–H and O–H groups in total. The first kappa shape index (κ1) is 23.6. The highest BCUT2D eigenvalue weighted by Gasteiger charge is 2.19. The molecule has 2 aromatic carbocycles. The summed E-state index contributed by atoms with van der Waals surface area (Å²) in [6.07, 6.45) is 1.64. The van der Waals surface area contributed by atoms with E-state index in [1.807, 2.05) is 37.3 Å². The van der Waals surface area contributed by atoms with Gasteiger partial charge in [0.2, 0.25) is 5.75 Å². The fourth-order valence-electron chi connectivity index (χ4n) is 3.60. The van der Waals surface area contributed by atoms with Crippen molar-refractivity contribution in [3.8, 4) is 34.3 Å². The number of methoxy groups -OCH3 is 4. The zero-order chi connectivity index (χ0) is 24.9. The molecule has 2 amide bonds. The summed E-state index contributed by atoms with van der Waals surface area (Å²) in [5.41, 5.74) is 2.43. The van der Waals surface area contributed by atoms with Gasteiger partial charge in [0.25, 0.3) is 11.7 Å². The lowest BCUT2D eigenvalue weighted by Gasteiger charge is -2.18. The summed E-state index contributed by atoms with van der Waals surface area (Å²) < 4.78 is 22.9. The quantitative estimate of drug-likeness (QED) is 0.393. The maximum Gasteiger partial charge on any atom is 0.322 e. The van der Waals surface area contributed by atoms with Gasteiger partial charge in [-0.1, -0.05) is 0 Å². The third-order valence-electron chi connectivity index (χ3n) is 5.39. The molecule has 2 heterocycles. The number of amides is 2. The molecule has 0 radical (unpaired) electrons. The Kier molecular flexibility index (Phi) is 6.86. The Labute approximate surface area is 202 Å². The molecule has 2 aromatic heterocycles. The second-order valence-corrected chi connectivity index (χ2v) is 7.48. The van der Waals surface area contributed by atoms with Gasteiger partial charge in [0.1, 0.15) is 5.75 Å². The van der Waals surface area contributed by atoms with Crippen LogP contribution in [0.15, 0.2) is 48.7 Å². The highest BCUT2D eigenvalue weighted by atomic mass is 16.5. The predicted molar refractivity (Wildman–Crippen MR) is 129 cm³/mol. The molecule has 1 atom stereocenters. The third-order valence-corrected chi connectivity index (χ3v) is 5.39. The Bertz CT molecular complexity index is 1310. The summed E-state index contributed by atoms with van der Waals surface area (Å²) in [6.45, 7) is 1.83. The minimum absolute atomic E-state index is 0.119. The van der Waals surface area contributed by atoms with E-state index in [0.717, 1.165) is 22.6 Å². The average molecular weight is 479 g/mol. The van der Waals surface area contributed by atoms with E-state index in [9.17, 15) is 4.79 Å². The number of anilines is 1. The minimum atomic E-state index is -0.479. The van der Waals surface area contributed by atoms with Crippen LogP contribution in [0.3, 0.4) is 0 Å². The van der Waals surface area contributed by atoms with Gasteiger partial charge in [-0.2, -0.15) is 9.50 Å². The van der Waals surface area contributed by atoms with Gasteiger partial charge in [0.15, 0.2) is 11.5 Å². The Hall–Kier alpha value is -4.54. The van der Waals surface area contributed by atoms with Gasteiger partial charge >= 0.3 is 6.03 Å². The van der Waals surface area contributed by atoms with Crippen molar-refractivity contribution in [2.75, 3.05) is 33.8 Å². The van der Waals surface area contributed by atoms with Gasteiger partial charge < -0.3 is 24.3 Å².